The average Bonchev–Trinajstić information content (AvgIpc) is 2.55. The van der Waals surface area contributed by atoms with E-state index in [0.29, 0.717) is 12.2 Å². The summed E-state index contributed by atoms with van der Waals surface area (Å²) < 4.78 is 4.99. The fourth-order valence-corrected chi connectivity index (χ4v) is 2.09. The zero-order chi connectivity index (χ0) is 16.7. The van der Waals surface area contributed by atoms with Crippen LogP contribution in [0.2, 0.25) is 0 Å². The van der Waals surface area contributed by atoms with Gasteiger partial charge in [0.1, 0.15) is 5.82 Å². The molecule has 0 bridgehead atoms. The highest BCUT2D eigenvalue weighted by molar-refractivity contribution is 6.04. The fraction of sp³-hybridized carbons (Fsp3) is 0.333. The number of nitrogens with one attached hydrogen (secondary N) is 2. The molecule has 1 aromatic carbocycles. The molecule has 5 nitrogen and oxygen atoms in total. The summed E-state index contributed by atoms with van der Waals surface area (Å²) in [6.07, 6.45) is 2.49. The molecule has 0 saturated heterocycles. The van der Waals surface area contributed by atoms with Crippen LogP contribution in [0, 0.1) is 13.8 Å². The largest absolute Gasteiger partial charge is 0.385 e. The van der Waals surface area contributed by atoms with Gasteiger partial charge in [-0.25, -0.2) is 4.98 Å². The standard InChI is InChI=1S/C18H23N3O2/c1-13-5-7-16(11-14(13)2)21-18(22)15-6-8-17(20-12-15)19-9-4-10-23-3/h5-8,11-12H,4,9-10H2,1-3H3,(H,19,20)(H,21,22). The highest BCUT2D eigenvalue weighted by Crippen LogP contribution is 2.15. The summed E-state index contributed by atoms with van der Waals surface area (Å²) in [6.45, 7) is 5.57. The lowest BCUT2D eigenvalue weighted by molar-refractivity contribution is 0.102. The number of nitrogens with zero attached hydrogens (tertiary/aromatic N) is 1. The van der Waals surface area contributed by atoms with Crippen LogP contribution in [0.15, 0.2) is 36.5 Å². The van der Waals surface area contributed by atoms with Crippen molar-refractivity contribution in [3.05, 3.63) is 53.2 Å². The van der Waals surface area contributed by atoms with Gasteiger partial charge in [0.05, 0.1) is 5.56 Å². The normalized spacial score (nSPS) is 10.4. The minimum atomic E-state index is -0.160. The minimum absolute atomic E-state index is 0.160. The SMILES string of the molecule is COCCCNc1ccc(C(=O)Nc2ccc(C)c(C)c2)cn1. The molecule has 0 fully saturated rings. The van der Waals surface area contributed by atoms with E-state index in [0.717, 1.165) is 30.0 Å². The number of methoxy groups -OCH3 is 1. The zero-order valence-corrected chi connectivity index (χ0v) is 13.8. The van der Waals surface area contributed by atoms with Crippen LogP contribution in [0.4, 0.5) is 11.5 Å². The van der Waals surface area contributed by atoms with Gasteiger partial charge in [0.15, 0.2) is 0 Å². The molecule has 0 unspecified atom stereocenters. The first kappa shape index (κ1) is 17.0. The molecule has 2 rings (SSSR count). The molecule has 0 spiro atoms. The first-order valence-corrected chi connectivity index (χ1v) is 7.67. The maximum absolute atomic E-state index is 12.2. The Morgan fingerprint density at radius 1 is 1.17 bits per heavy atom. The third-order valence-corrected chi connectivity index (χ3v) is 3.62. The van der Waals surface area contributed by atoms with E-state index in [2.05, 4.69) is 15.6 Å². The van der Waals surface area contributed by atoms with Crippen molar-refractivity contribution in [1.29, 1.82) is 0 Å². The third-order valence-electron chi connectivity index (χ3n) is 3.62. The van der Waals surface area contributed by atoms with Gasteiger partial charge in [0.25, 0.3) is 5.91 Å². The van der Waals surface area contributed by atoms with Gasteiger partial charge in [0.2, 0.25) is 0 Å². The Balaban J connectivity index is 1.93. The van der Waals surface area contributed by atoms with Crippen molar-refractivity contribution in [2.45, 2.75) is 20.3 Å². The lowest BCUT2D eigenvalue weighted by Crippen LogP contribution is -2.13. The van der Waals surface area contributed by atoms with Gasteiger partial charge in [-0.1, -0.05) is 6.07 Å². The van der Waals surface area contributed by atoms with Crippen molar-refractivity contribution >= 4 is 17.4 Å². The van der Waals surface area contributed by atoms with Crippen molar-refractivity contribution in [3.8, 4) is 0 Å². The van der Waals surface area contributed by atoms with E-state index in [9.17, 15) is 4.79 Å². The first-order chi connectivity index (χ1) is 11.1. The Hall–Kier alpha value is -2.40. The second-order valence-electron chi connectivity index (χ2n) is 5.46. The number of benzene rings is 1. The minimum Gasteiger partial charge on any atom is -0.385 e. The van der Waals surface area contributed by atoms with Crippen molar-refractivity contribution in [2.24, 2.45) is 0 Å². The maximum Gasteiger partial charge on any atom is 0.257 e. The van der Waals surface area contributed by atoms with E-state index in [1.54, 1.807) is 19.4 Å². The Morgan fingerprint density at radius 3 is 2.65 bits per heavy atom. The zero-order valence-electron chi connectivity index (χ0n) is 13.8. The number of ether oxygens (including phenoxy) is 1. The van der Waals surface area contributed by atoms with Gasteiger partial charge in [0, 0.05) is 32.1 Å². The van der Waals surface area contributed by atoms with Crippen LogP contribution in [-0.2, 0) is 4.74 Å². The Kier molecular flexibility index (Phi) is 6.11. The molecule has 2 aromatic rings. The molecular weight excluding hydrogens is 290 g/mol. The molecular formula is C18H23N3O2. The number of rotatable bonds is 7. The van der Waals surface area contributed by atoms with Crippen LogP contribution in [0.1, 0.15) is 27.9 Å². The monoisotopic (exact) mass is 313 g/mol. The molecule has 1 heterocycles. The number of aromatic nitrogens is 1. The Bertz CT molecular complexity index is 654. The molecule has 0 saturated carbocycles. The van der Waals surface area contributed by atoms with E-state index >= 15 is 0 Å². The molecule has 0 aliphatic rings. The van der Waals surface area contributed by atoms with E-state index in [-0.39, 0.29) is 5.91 Å². The molecule has 2 N–H and O–H groups in total. The summed E-state index contributed by atoms with van der Waals surface area (Å²) in [5, 5.41) is 6.08. The van der Waals surface area contributed by atoms with Crippen LogP contribution in [0.25, 0.3) is 0 Å². The van der Waals surface area contributed by atoms with Crippen LogP contribution in [0.5, 0.6) is 0 Å². The second-order valence-corrected chi connectivity index (χ2v) is 5.46. The Labute approximate surface area is 137 Å². The Morgan fingerprint density at radius 2 is 2.00 bits per heavy atom. The number of hydrogen-bond acceptors (Lipinski definition) is 4. The fourth-order valence-electron chi connectivity index (χ4n) is 2.09. The number of amides is 1. The summed E-state index contributed by atoms with van der Waals surface area (Å²) in [5.74, 6) is 0.593. The summed E-state index contributed by atoms with van der Waals surface area (Å²) in [4.78, 5) is 16.5. The number of carbonyl (C=O) groups excluding carboxylic acids is 1. The van der Waals surface area contributed by atoms with Crippen LogP contribution in [-0.4, -0.2) is 31.2 Å². The van der Waals surface area contributed by atoms with Gasteiger partial charge >= 0.3 is 0 Å². The van der Waals surface area contributed by atoms with E-state index < -0.39 is 0 Å². The van der Waals surface area contributed by atoms with Gasteiger partial charge in [-0.2, -0.15) is 0 Å². The molecule has 23 heavy (non-hydrogen) atoms. The predicted octanol–water partition coefficient (Wildman–Crippen LogP) is 3.40. The van der Waals surface area contributed by atoms with E-state index in [4.69, 9.17) is 4.74 Å². The van der Waals surface area contributed by atoms with Gasteiger partial charge in [-0.3, -0.25) is 4.79 Å². The summed E-state index contributed by atoms with van der Waals surface area (Å²) >= 11 is 0. The molecule has 5 heteroatoms. The van der Waals surface area contributed by atoms with Gasteiger partial charge < -0.3 is 15.4 Å². The number of hydrogen-bond donors (Lipinski definition) is 2. The number of pyridine rings is 1. The molecule has 0 aliphatic heterocycles. The van der Waals surface area contributed by atoms with E-state index in [1.165, 1.54) is 5.56 Å². The van der Waals surface area contributed by atoms with Crippen molar-refractivity contribution < 1.29 is 9.53 Å². The smallest absolute Gasteiger partial charge is 0.257 e. The second kappa shape index (κ2) is 8.29. The maximum atomic E-state index is 12.2. The van der Waals surface area contributed by atoms with Crippen molar-refractivity contribution in [1.82, 2.24) is 4.98 Å². The molecule has 0 radical (unpaired) electrons. The topological polar surface area (TPSA) is 63.2 Å². The van der Waals surface area contributed by atoms with Crippen LogP contribution >= 0.6 is 0 Å². The lowest BCUT2D eigenvalue weighted by Gasteiger charge is -2.09. The summed E-state index contributed by atoms with van der Waals surface area (Å²) in [6, 6.07) is 9.44. The lowest BCUT2D eigenvalue weighted by atomic mass is 10.1. The van der Waals surface area contributed by atoms with Gasteiger partial charge in [-0.05, 0) is 55.7 Å². The molecule has 1 amide bonds. The molecule has 122 valence electrons. The number of carbonyl (C=O) groups is 1. The molecule has 0 atom stereocenters. The van der Waals surface area contributed by atoms with Crippen molar-refractivity contribution in [3.63, 3.8) is 0 Å². The molecule has 1 aromatic heterocycles. The van der Waals surface area contributed by atoms with E-state index in [1.807, 2.05) is 38.1 Å². The van der Waals surface area contributed by atoms with Crippen LogP contribution in [0.3, 0.4) is 0 Å². The molecule has 0 aliphatic carbocycles. The average molecular weight is 313 g/mol. The number of anilines is 2. The predicted molar refractivity (Wildman–Crippen MR) is 93.1 cm³/mol. The summed E-state index contributed by atoms with van der Waals surface area (Å²) in [5.41, 5.74) is 3.68. The third kappa shape index (κ3) is 5.07. The van der Waals surface area contributed by atoms with Crippen LogP contribution < -0.4 is 10.6 Å². The van der Waals surface area contributed by atoms with Crippen molar-refractivity contribution in [2.75, 3.05) is 30.9 Å². The summed E-state index contributed by atoms with van der Waals surface area (Å²) in [7, 11) is 1.68. The van der Waals surface area contributed by atoms with Gasteiger partial charge in [-0.15, -0.1) is 0 Å². The first-order valence-electron chi connectivity index (χ1n) is 7.67. The number of aryl methyl sites for hydroxylation is 2. The highest BCUT2D eigenvalue weighted by Gasteiger charge is 2.07. The quantitative estimate of drug-likeness (QED) is 0.769. The highest BCUT2D eigenvalue weighted by atomic mass is 16.5.